The Kier molecular flexibility index (Phi) is 51.4. The zero-order valence-electron chi connectivity index (χ0n) is 48.4. The molecule has 0 aromatic heterocycles. The van der Waals surface area contributed by atoms with Crippen molar-refractivity contribution in [3.8, 4) is 0 Å². The maximum absolute atomic E-state index is 13.5. The fourth-order valence-corrected chi connectivity index (χ4v) is 9.75. The Morgan fingerprint density at radius 2 is 0.847 bits per heavy atom. The molecule has 0 radical (unpaired) electrons. The van der Waals surface area contributed by atoms with Crippen LogP contribution in [0.5, 0.6) is 0 Å². The van der Waals surface area contributed by atoms with E-state index in [4.69, 9.17) is 13.8 Å². The van der Waals surface area contributed by atoms with Crippen molar-refractivity contribution < 1.29 is 37.3 Å². The lowest BCUT2D eigenvalue weighted by atomic mass is 10.0. The molecule has 3 atom stereocenters. The van der Waals surface area contributed by atoms with Gasteiger partial charge in [0.05, 0.1) is 33.8 Å². The van der Waals surface area contributed by atoms with Gasteiger partial charge in [0.15, 0.2) is 0 Å². The standard InChI is InChI=1S/C62H119N2O7P/c1-7-10-13-16-19-22-25-27-29-30-31-32-33-34-35-36-39-42-45-48-51-54-61(65)63-59(58-70-72(67,68)69-57-56-64(4,5)6)60(53-50-47-44-41-38-24-21-18-15-12-9-3)71-62(66)55-52-49-46-43-40-37-28-26-23-20-17-14-11-8-2/h19,22,27,29,50,53,59-60H,7-18,20-21,23-26,28,30-49,51-52,54-58H2,1-6H3,(H-,63,65,67,68)/b22-19-,29-27-,53-50-. The van der Waals surface area contributed by atoms with Crippen molar-refractivity contribution in [2.75, 3.05) is 40.9 Å². The van der Waals surface area contributed by atoms with Crippen LogP contribution < -0.4 is 10.2 Å². The molecule has 0 aromatic rings. The van der Waals surface area contributed by atoms with E-state index >= 15 is 0 Å². The Morgan fingerprint density at radius 1 is 0.486 bits per heavy atom. The van der Waals surface area contributed by atoms with Gasteiger partial charge in [0.2, 0.25) is 5.91 Å². The van der Waals surface area contributed by atoms with Crippen LogP contribution in [0.2, 0.25) is 0 Å². The Labute approximate surface area is 446 Å². The van der Waals surface area contributed by atoms with Crippen LogP contribution in [0.15, 0.2) is 36.5 Å². The van der Waals surface area contributed by atoms with Crippen LogP contribution in [0.3, 0.4) is 0 Å². The first-order chi connectivity index (χ1) is 34.9. The van der Waals surface area contributed by atoms with Gasteiger partial charge in [0.25, 0.3) is 7.82 Å². The molecule has 72 heavy (non-hydrogen) atoms. The van der Waals surface area contributed by atoms with Crippen molar-refractivity contribution in [1.82, 2.24) is 5.32 Å². The number of phosphoric acid groups is 1. The van der Waals surface area contributed by atoms with Crippen LogP contribution in [-0.2, 0) is 27.9 Å². The number of likely N-dealkylation sites (N-methyl/N-ethyl adjacent to an activating group) is 1. The van der Waals surface area contributed by atoms with E-state index in [1.54, 1.807) is 0 Å². The molecule has 0 rings (SSSR count). The number of phosphoric ester groups is 1. The van der Waals surface area contributed by atoms with E-state index in [0.717, 1.165) is 64.2 Å². The summed E-state index contributed by atoms with van der Waals surface area (Å²) in [6, 6.07) is -0.884. The minimum atomic E-state index is -4.69. The van der Waals surface area contributed by atoms with Crippen LogP contribution >= 0.6 is 7.82 Å². The fraction of sp³-hybridized carbons (Fsp3) is 0.871. The minimum Gasteiger partial charge on any atom is -0.756 e. The fourth-order valence-electron chi connectivity index (χ4n) is 9.02. The lowest BCUT2D eigenvalue weighted by Gasteiger charge is -2.30. The lowest BCUT2D eigenvalue weighted by molar-refractivity contribution is -0.870. The highest BCUT2D eigenvalue weighted by Crippen LogP contribution is 2.38. The quantitative estimate of drug-likeness (QED) is 0.0212. The van der Waals surface area contributed by atoms with Gasteiger partial charge in [-0.25, -0.2) is 0 Å². The summed E-state index contributed by atoms with van der Waals surface area (Å²) in [5.74, 6) is -0.531. The largest absolute Gasteiger partial charge is 0.756 e. The molecule has 0 saturated carbocycles. The average molecular weight is 1040 g/mol. The second kappa shape index (κ2) is 52.7. The number of carbonyl (C=O) groups is 2. The van der Waals surface area contributed by atoms with Crippen LogP contribution in [-0.4, -0.2) is 69.4 Å². The number of carbonyl (C=O) groups excluding carboxylic acids is 2. The number of allylic oxidation sites excluding steroid dienone is 5. The SMILES string of the molecule is CCCCC/C=C\C/C=C\CCCCCCCCCCCCCC(=O)NC(COP(=O)([O-])OCC[N+](C)(C)C)C(/C=C\CCCCCCCCCCC)OC(=O)CCCCCCCCCCCCCCCC. The number of amides is 1. The van der Waals surface area contributed by atoms with E-state index in [2.05, 4.69) is 50.4 Å². The summed E-state index contributed by atoms with van der Waals surface area (Å²) in [6.45, 7) is 6.84. The maximum Gasteiger partial charge on any atom is 0.306 e. The normalized spacial score (nSPS) is 13.9. The summed E-state index contributed by atoms with van der Waals surface area (Å²) in [4.78, 5) is 39.9. The smallest absolute Gasteiger partial charge is 0.306 e. The second-order valence-corrected chi connectivity index (χ2v) is 23.6. The first kappa shape index (κ1) is 70.2. The number of nitrogens with zero attached hydrogens (tertiary/aromatic N) is 1. The highest BCUT2D eigenvalue weighted by molar-refractivity contribution is 7.45. The van der Waals surface area contributed by atoms with Crippen LogP contribution in [0, 0.1) is 0 Å². The first-order valence-electron chi connectivity index (χ1n) is 30.8. The Morgan fingerprint density at radius 3 is 1.28 bits per heavy atom. The molecule has 3 unspecified atom stereocenters. The van der Waals surface area contributed by atoms with Gasteiger partial charge >= 0.3 is 5.97 Å². The van der Waals surface area contributed by atoms with E-state index < -0.39 is 20.0 Å². The Bertz CT molecular complexity index is 1330. The Balaban J connectivity index is 5.17. The average Bonchev–Trinajstić information content (AvgIpc) is 3.34. The second-order valence-electron chi connectivity index (χ2n) is 22.2. The van der Waals surface area contributed by atoms with Crippen LogP contribution in [0.1, 0.15) is 297 Å². The molecule has 424 valence electrons. The molecule has 0 aromatic carbocycles. The van der Waals surface area contributed by atoms with Crippen molar-refractivity contribution in [3.63, 3.8) is 0 Å². The molecule has 0 aliphatic heterocycles. The van der Waals surface area contributed by atoms with E-state index in [1.165, 1.54) is 199 Å². The summed E-state index contributed by atoms with van der Waals surface area (Å²) in [6.07, 6.45) is 62.5. The third-order valence-electron chi connectivity index (χ3n) is 13.8. The van der Waals surface area contributed by atoms with Gasteiger partial charge in [-0.05, 0) is 63.9 Å². The predicted octanol–water partition coefficient (Wildman–Crippen LogP) is 18.1. The molecular weight excluding hydrogens is 916 g/mol. The van der Waals surface area contributed by atoms with E-state index in [-0.39, 0.29) is 31.5 Å². The van der Waals surface area contributed by atoms with Crippen molar-refractivity contribution in [2.24, 2.45) is 0 Å². The number of hydrogen-bond donors (Lipinski definition) is 1. The number of nitrogens with one attached hydrogen (secondary N) is 1. The molecule has 0 fully saturated rings. The van der Waals surface area contributed by atoms with Crippen LogP contribution in [0.25, 0.3) is 0 Å². The molecule has 9 nitrogen and oxygen atoms in total. The van der Waals surface area contributed by atoms with Crippen molar-refractivity contribution in [3.05, 3.63) is 36.5 Å². The van der Waals surface area contributed by atoms with Crippen molar-refractivity contribution in [1.29, 1.82) is 0 Å². The zero-order valence-corrected chi connectivity index (χ0v) is 49.3. The summed E-state index contributed by atoms with van der Waals surface area (Å²) < 4.78 is 30.3. The van der Waals surface area contributed by atoms with E-state index in [0.29, 0.717) is 17.4 Å². The monoisotopic (exact) mass is 1030 g/mol. The van der Waals surface area contributed by atoms with Gasteiger partial charge < -0.3 is 28.5 Å². The van der Waals surface area contributed by atoms with Crippen molar-refractivity contribution >= 4 is 19.7 Å². The summed E-state index contributed by atoms with van der Waals surface area (Å²) in [5.41, 5.74) is 0. The lowest BCUT2D eigenvalue weighted by Crippen LogP contribution is -2.47. The highest BCUT2D eigenvalue weighted by Gasteiger charge is 2.27. The van der Waals surface area contributed by atoms with Crippen LogP contribution in [0.4, 0.5) is 0 Å². The first-order valence-corrected chi connectivity index (χ1v) is 32.3. The van der Waals surface area contributed by atoms with Gasteiger partial charge in [-0.1, -0.05) is 257 Å². The topological polar surface area (TPSA) is 114 Å². The number of rotatable bonds is 56. The number of hydrogen-bond acceptors (Lipinski definition) is 7. The van der Waals surface area contributed by atoms with Gasteiger partial charge in [0, 0.05) is 12.8 Å². The molecular formula is C62H119N2O7P. The molecule has 1 amide bonds. The molecule has 0 aliphatic rings. The summed E-state index contributed by atoms with van der Waals surface area (Å²) >= 11 is 0. The van der Waals surface area contributed by atoms with E-state index in [1.807, 2.05) is 33.3 Å². The third kappa shape index (κ3) is 53.1. The summed E-state index contributed by atoms with van der Waals surface area (Å²) in [7, 11) is 1.19. The number of unbranched alkanes of at least 4 members (excludes halogenated alkanes) is 36. The molecule has 0 heterocycles. The molecule has 10 heteroatoms. The summed E-state index contributed by atoms with van der Waals surface area (Å²) in [5, 5.41) is 3.03. The third-order valence-corrected chi connectivity index (χ3v) is 14.8. The van der Waals surface area contributed by atoms with Gasteiger partial charge in [0.1, 0.15) is 19.3 Å². The van der Waals surface area contributed by atoms with Crippen molar-refractivity contribution in [2.45, 2.75) is 309 Å². The molecule has 0 saturated heterocycles. The van der Waals surface area contributed by atoms with E-state index in [9.17, 15) is 19.0 Å². The number of esters is 1. The maximum atomic E-state index is 13.5. The van der Waals surface area contributed by atoms with Gasteiger partial charge in [-0.15, -0.1) is 0 Å². The molecule has 0 spiro atoms. The highest BCUT2D eigenvalue weighted by atomic mass is 31.2. The van der Waals surface area contributed by atoms with Gasteiger partial charge in [-0.2, -0.15) is 0 Å². The minimum absolute atomic E-state index is 0.0204. The predicted molar refractivity (Wildman–Crippen MR) is 307 cm³/mol. The number of ether oxygens (including phenoxy) is 1. The Hall–Kier alpha value is -1.77. The molecule has 0 aliphatic carbocycles. The molecule has 1 N–H and O–H groups in total. The molecule has 0 bridgehead atoms. The van der Waals surface area contributed by atoms with Gasteiger partial charge in [-0.3, -0.25) is 14.2 Å². The zero-order chi connectivity index (χ0) is 52.9. The number of quaternary nitrogens is 1.